The quantitative estimate of drug-likeness (QED) is 0.114. The molecular formula is C32H31N3O7S3. The molecular weight excluding hydrogens is 635 g/mol. The van der Waals surface area contributed by atoms with E-state index >= 15 is 0 Å². The fourth-order valence-corrected chi connectivity index (χ4v) is 7.59. The van der Waals surface area contributed by atoms with Crippen LogP contribution in [-0.4, -0.2) is 53.8 Å². The zero-order valence-corrected chi connectivity index (χ0v) is 27.2. The third kappa shape index (κ3) is 7.45. The first kappa shape index (κ1) is 32.4. The lowest BCUT2D eigenvalue weighted by molar-refractivity contribution is -0.644. The van der Waals surface area contributed by atoms with Gasteiger partial charge in [-0.05, 0) is 71.7 Å². The Morgan fingerprint density at radius 2 is 1.73 bits per heavy atom. The number of methoxy groups -OCH3 is 1. The molecule has 0 atom stereocenters. The molecule has 0 saturated carbocycles. The maximum absolute atomic E-state index is 12.9. The number of aromatic nitrogens is 1. The van der Waals surface area contributed by atoms with Crippen LogP contribution in [-0.2, 0) is 31.9 Å². The van der Waals surface area contributed by atoms with E-state index in [1.165, 1.54) is 24.9 Å². The van der Waals surface area contributed by atoms with Gasteiger partial charge in [0.05, 0.1) is 43.8 Å². The van der Waals surface area contributed by atoms with Crippen LogP contribution in [0.2, 0.25) is 0 Å². The number of pyridine rings is 1. The maximum Gasteiger partial charge on any atom is 0.337 e. The summed E-state index contributed by atoms with van der Waals surface area (Å²) in [5.41, 5.74) is 4.92. The lowest BCUT2D eigenvalue weighted by Gasteiger charge is -2.16. The number of nitrogens with zero attached hydrogens (tertiary/aromatic N) is 2. The number of benzene rings is 3. The molecule has 0 bridgehead atoms. The number of para-hydroxylation sites is 1. The molecule has 4 aromatic rings. The van der Waals surface area contributed by atoms with E-state index in [1.54, 1.807) is 24.3 Å². The Balaban J connectivity index is 1.50. The first-order valence-electron chi connectivity index (χ1n) is 13.8. The minimum atomic E-state index is -4.43. The number of sulfonamides is 1. The molecule has 3 aromatic carbocycles. The van der Waals surface area contributed by atoms with Gasteiger partial charge in [-0.2, -0.15) is 0 Å². The van der Waals surface area contributed by atoms with Crippen molar-refractivity contribution in [2.45, 2.75) is 16.2 Å². The van der Waals surface area contributed by atoms with Gasteiger partial charge in [0.25, 0.3) is 0 Å². The third-order valence-electron chi connectivity index (χ3n) is 7.31. The molecule has 0 unspecified atom stereocenters. The van der Waals surface area contributed by atoms with E-state index in [4.69, 9.17) is 4.74 Å². The highest BCUT2D eigenvalue weighted by atomic mass is 32.2. The van der Waals surface area contributed by atoms with E-state index in [9.17, 15) is 26.2 Å². The smallest absolute Gasteiger partial charge is 0.337 e. The Morgan fingerprint density at radius 1 is 1.02 bits per heavy atom. The third-order valence-corrected chi connectivity index (χ3v) is 10.7. The largest absolute Gasteiger partial charge is 0.748 e. The summed E-state index contributed by atoms with van der Waals surface area (Å²) in [5.74, 6) is -1.07. The Labute approximate surface area is 266 Å². The molecule has 0 radical (unpaired) electrons. The SMILES string of the molecule is COC(=O)c1ccc(C(=Cc2cc[n+](C)c3ccccc23)C=C2Sc3ccc(S(=O)(=O)NCCCS(=O)(=O)[O-])cc3N2C)cc1. The molecule has 0 amide bonds. The van der Waals surface area contributed by atoms with Crippen molar-refractivity contribution in [1.82, 2.24) is 4.72 Å². The number of rotatable bonds is 10. The summed E-state index contributed by atoms with van der Waals surface area (Å²) in [6.07, 6.45) is 5.99. The summed E-state index contributed by atoms with van der Waals surface area (Å²) < 4.78 is 67.7. The highest BCUT2D eigenvalue weighted by Gasteiger charge is 2.26. The second kappa shape index (κ2) is 13.2. The second-order valence-corrected chi connectivity index (χ2v) is 14.7. The van der Waals surface area contributed by atoms with Crippen LogP contribution in [0.4, 0.5) is 5.69 Å². The monoisotopic (exact) mass is 665 g/mol. The van der Waals surface area contributed by atoms with Gasteiger partial charge in [-0.25, -0.2) is 30.9 Å². The number of hydrogen-bond donors (Lipinski definition) is 1. The van der Waals surface area contributed by atoms with E-state index < -0.39 is 31.9 Å². The molecule has 234 valence electrons. The van der Waals surface area contributed by atoms with Crippen molar-refractivity contribution in [1.29, 1.82) is 0 Å². The Morgan fingerprint density at radius 3 is 2.44 bits per heavy atom. The summed E-state index contributed by atoms with van der Waals surface area (Å²) in [6.45, 7) is -0.175. The van der Waals surface area contributed by atoms with Crippen molar-refractivity contribution < 1.29 is 35.5 Å². The number of hydrogen-bond acceptors (Lipinski definition) is 9. The van der Waals surface area contributed by atoms with Crippen molar-refractivity contribution in [2.75, 3.05) is 31.4 Å². The molecule has 13 heteroatoms. The van der Waals surface area contributed by atoms with Crippen LogP contribution in [0.1, 0.15) is 27.9 Å². The molecule has 0 fully saturated rings. The van der Waals surface area contributed by atoms with E-state index in [-0.39, 0.29) is 17.9 Å². The number of aryl methyl sites for hydroxylation is 1. The van der Waals surface area contributed by atoms with Gasteiger partial charge < -0.3 is 14.2 Å². The lowest BCUT2D eigenvalue weighted by atomic mass is 9.99. The average molecular weight is 666 g/mol. The number of thioether (sulfide) groups is 1. The molecule has 0 spiro atoms. The highest BCUT2D eigenvalue weighted by molar-refractivity contribution is 8.03. The van der Waals surface area contributed by atoms with Gasteiger partial charge >= 0.3 is 5.97 Å². The predicted octanol–water partition coefficient (Wildman–Crippen LogP) is 4.29. The standard InChI is InChI=1S/C32H31N3O7S3/c1-34-17-15-24(27-7-4-5-8-28(27)34)19-25(22-9-11-23(12-10-22)32(36)42-3)20-31-35(2)29-21-26(13-14-30(29)43-31)45(40,41)33-16-6-18-44(37,38)39/h4-5,7-15,17,19-21,33H,6,16,18H2,1-3H3. The van der Waals surface area contributed by atoms with Crippen LogP contribution in [0, 0.1) is 0 Å². The van der Waals surface area contributed by atoms with Gasteiger partial charge in [0.2, 0.25) is 15.5 Å². The van der Waals surface area contributed by atoms with Gasteiger partial charge in [-0.3, -0.25) is 0 Å². The lowest BCUT2D eigenvalue weighted by Crippen LogP contribution is -2.28. The van der Waals surface area contributed by atoms with Crippen molar-refractivity contribution in [2.24, 2.45) is 7.05 Å². The van der Waals surface area contributed by atoms with E-state index in [0.717, 1.165) is 37.5 Å². The molecule has 5 rings (SSSR count). The average Bonchev–Trinajstić information content (AvgIpc) is 3.33. The molecule has 45 heavy (non-hydrogen) atoms. The highest BCUT2D eigenvalue weighted by Crippen LogP contribution is 2.47. The van der Waals surface area contributed by atoms with E-state index in [2.05, 4.69) is 27.5 Å². The Bertz CT molecular complexity index is 2060. The normalized spacial score (nSPS) is 14.6. The van der Waals surface area contributed by atoms with E-state index in [1.807, 2.05) is 61.6 Å². The van der Waals surface area contributed by atoms with Crippen molar-refractivity contribution in [3.63, 3.8) is 0 Å². The molecule has 2 heterocycles. The molecule has 1 N–H and O–H groups in total. The summed E-state index contributed by atoms with van der Waals surface area (Å²) in [6, 6.07) is 22.1. The number of fused-ring (bicyclic) bond motifs is 2. The van der Waals surface area contributed by atoms with Gasteiger partial charge in [-0.1, -0.05) is 36.0 Å². The zero-order valence-electron chi connectivity index (χ0n) is 24.8. The maximum atomic E-state index is 12.9. The minimum absolute atomic E-state index is 0.0257. The summed E-state index contributed by atoms with van der Waals surface area (Å²) in [7, 11) is -3.18. The molecule has 10 nitrogen and oxygen atoms in total. The number of nitrogens with one attached hydrogen (secondary N) is 1. The topological polar surface area (TPSA) is 137 Å². The van der Waals surface area contributed by atoms with Gasteiger partial charge in [-0.15, -0.1) is 0 Å². The van der Waals surface area contributed by atoms with Gasteiger partial charge in [0, 0.05) is 36.4 Å². The minimum Gasteiger partial charge on any atom is -0.748 e. The number of allylic oxidation sites excluding steroid dienone is 2. The number of carbonyl (C=O) groups excluding carboxylic acids is 1. The summed E-state index contributed by atoms with van der Waals surface area (Å²) >= 11 is 1.49. The van der Waals surface area contributed by atoms with Crippen LogP contribution >= 0.6 is 11.8 Å². The fraction of sp³-hybridized carbons (Fsp3) is 0.188. The second-order valence-electron chi connectivity index (χ2n) is 10.4. The fourth-order valence-electron chi connectivity index (χ4n) is 4.92. The van der Waals surface area contributed by atoms with Crippen LogP contribution < -0.4 is 14.2 Å². The van der Waals surface area contributed by atoms with Crippen molar-refractivity contribution in [3.05, 3.63) is 107 Å². The molecule has 1 aliphatic heterocycles. The number of esters is 1. The molecule has 0 aliphatic carbocycles. The van der Waals surface area contributed by atoms with Gasteiger partial charge in [0.1, 0.15) is 7.05 Å². The molecule has 1 aliphatic rings. The van der Waals surface area contributed by atoms with Crippen LogP contribution in [0.3, 0.4) is 0 Å². The van der Waals surface area contributed by atoms with E-state index in [0.29, 0.717) is 11.3 Å². The summed E-state index contributed by atoms with van der Waals surface area (Å²) in [4.78, 5) is 14.9. The van der Waals surface area contributed by atoms with Crippen LogP contribution in [0.25, 0.3) is 22.6 Å². The van der Waals surface area contributed by atoms with Crippen molar-refractivity contribution in [3.8, 4) is 0 Å². The Hall–Kier alpha value is -4.01. The predicted molar refractivity (Wildman–Crippen MR) is 174 cm³/mol. The number of carbonyl (C=O) groups is 1. The molecule has 1 aromatic heterocycles. The first-order chi connectivity index (χ1) is 21.4. The summed E-state index contributed by atoms with van der Waals surface area (Å²) in [5, 5.41) is 1.91. The molecule has 0 saturated heterocycles. The van der Waals surface area contributed by atoms with Crippen LogP contribution in [0.5, 0.6) is 0 Å². The number of ether oxygens (including phenoxy) is 1. The van der Waals surface area contributed by atoms with Crippen LogP contribution in [0.15, 0.2) is 99.9 Å². The van der Waals surface area contributed by atoms with Crippen molar-refractivity contribution >= 4 is 66.1 Å². The first-order valence-corrected chi connectivity index (χ1v) is 17.7. The zero-order chi connectivity index (χ0) is 32.4. The number of anilines is 1. The Kier molecular flexibility index (Phi) is 9.46. The van der Waals surface area contributed by atoms with Gasteiger partial charge in [0.15, 0.2) is 6.20 Å².